The summed E-state index contributed by atoms with van der Waals surface area (Å²) in [7, 11) is 0. The van der Waals surface area contributed by atoms with E-state index in [1.807, 2.05) is 25.7 Å². The predicted molar refractivity (Wildman–Crippen MR) is 109 cm³/mol. The van der Waals surface area contributed by atoms with E-state index in [4.69, 9.17) is 16.3 Å². The van der Waals surface area contributed by atoms with Gasteiger partial charge in [0.05, 0.1) is 6.61 Å². The van der Waals surface area contributed by atoms with Crippen LogP contribution in [0.2, 0.25) is 5.15 Å². The van der Waals surface area contributed by atoms with Crippen molar-refractivity contribution in [1.29, 1.82) is 0 Å². The van der Waals surface area contributed by atoms with E-state index in [2.05, 4.69) is 20.2 Å². The molecule has 2 aromatic heterocycles. The van der Waals surface area contributed by atoms with E-state index in [9.17, 15) is 18.0 Å². The van der Waals surface area contributed by atoms with Crippen LogP contribution in [0.3, 0.4) is 0 Å². The van der Waals surface area contributed by atoms with Gasteiger partial charge in [0.25, 0.3) is 0 Å². The summed E-state index contributed by atoms with van der Waals surface area (Å²) in [4.78, 5) is 23.3. The Bertz CT molecular complexity index is 988. The number of aromatic nitrogens is 4. The smallest absolute Gasteiger partial charge is 0.434 e. The Hall–Kier alpha value is -2.69. The number of anilines is 2. The van der Waals surface area contributed by atoms with Gasteiger partial charge in [-0.3, -0.25) is 0 Å². The third-order valence-electron chi connectivity index (χ3n) is 5.16. The Morgan fingerprint density at radius 1 is 1.26 bits per heavy atom. The van der Waals surface area contributed by atoms with Gasteiger partial charge in [0, 0.05) is 31.9 Å². The van der Waals surface area contributed by atoms with Gasteiger partial charge in [-0.05, 0) is 38.8 Å². The van der Waals surface area contributed by atoms with Crippen molar-refractivity contribution in [1.82, 2.24) is 20.2 Å². The molecule has 12 heteroatoms. The lowest BCUT2D eigenvalue weighted by Gasteiger charge is -2.40. The van der Waals surface area contributed by atoms with Gasteiger partial charge in [-0.1, -0.05) is 11.6 Å². The molecule has 1 atom stereocenters. The molecule has 0 amide bonds. The third-order valence-corrected chi connectivity index (χ3v) is 5.52. The second-order valence-corrected chi connectivity index (χ2v) is 7.56. The first-order chi connectivity index (χ1) is 14.5. The van der Waals surface area contributed by atoms with Crippen molar-refractivity contribution < 1.29 is 22.7 Å². The van der Waals surface area contributed by atoms with Gasteiger partial charge in [0.15, 0.2) is 16.7 Å². The van der Waals surface area contributed by atoms with Gasteiger partial charge in [-0.2, -0.15) is 13.2 Å². The SMILES string of the molecule is CCOC(=O)c1cnc(N2CCN(c3nnc(Cl)c(C)c3C)C[C@H]2C)nc1C(F)(F)F. The molecule has 1 aliphatic heterocycles. The average Bonchev–Trinajstić information content (AvgIpc) is 2.71. The highest BCUT2D eigenvalue weighted by molar-refractivity contribution is 6.30. The standard InChI is InChI=1S/C19H22ClF3N6O2/c1-5-31-17(30)13-8-24-18(25-14(13)19(21,22)23)29-7-6-28(9-10(29)2)16-12(4)11(3)15(20)26-27-16/h8,10H,5-7,9H2,1-4H3/t10-/m1/s1. The van der Waals surface area contributed by atoms with E-state index < -0.39 is 23.4 Å². The largest absolute Gasteiger partial charge is 0.462 e. The minimum absolute atomic E-state index is 0.0522. The Labute approximate surface area is 182 Å². The van der Waals surface area contributed by atoms with Crippen molar-refractivity contribution in [2.24, 2.45) is 0 Å². The van der Waals surface area contributed by atoms with Crippen LogP contribution < -0.4 is 9.80 Å². The summed E-state index contributed by atoms with van der Waals surface area (Å²) < 4.78 is 45.3. The minimum atomic E-state index is -4.82. The van der Waals surface area contributed by atoms with Crippen LogP contribution in [0.1, 0.15) is 41.0 Å². The summed E-state index contributed by atoms with van der Waals surface area (Å²) in [5.41, 5.74) is -0.281. The summed E-state index contributed by atoms with van der Waals surface area (Å²) in [6.45, 7) is 8.38. The van der Waals surface area contributed by atoms with E-state index in [0.717, 1.165) is 17.3 Å². The number of carbonyl (C=O) groups excluding carboxylic acids is 1. The molecule has 1 aliphatic rings. The fraction of sp³-hybridized carbons (Fsp3) is 0.526. The number of rotatable bonds is 4. The summed E-state index contributed by atoms with van der Waals surface area (Å²) in [6.07, 6.45) is -3.95. The Morgan fingerprint density at radius 3 is 2.58 bits per heavy atom. The van der Waals surface area contributed by atoms with Crippen molar-refractivity contribution in [2.45, 2.75) is 39.9 Å². The summed E-state index contributed by atoms with van der Waals surface area (Å²) >= 11 is 6.02. The van der Waals surface area contributed by atoms with Crippen LogP contribution in [0.5, 0.6) is 0 Å². The Morgan fingerprint density at radius 2 is 1.97 bits per heavy atom. The molecular formula is C19H22ClF3N6O2. The number of hydrogen-bond donors (Lipinski definition) is 0. The molecular weight excluding hydrogens is 437 g/mol. The maximum Gasteiger partial charge on any atom is 0.434 e. The average molecular weight is 459 g/mol. The normalized spacial score (nSPS) is 17.1. The molecule has 0 bridgehead atoms. The lowest BCUT2D eigenvalue weighted by Crippen LogP contribution is -2.53. The van der Waals surface area contributed by atoms with Gasteiger partial charge < -0.3 is 14.5 Å². The summed E-state index contributed by atoms with van der Waals surface area (Å²) in [6, 6.07) is -0.222. The number of nitrogens with zero attached hydrogens (tertiary/aromatic N) is 6. The maximum absolute atomic E-state index is 13.5. The molecule has 168 valence electrons. The molecule has 0 N–H and O–H groups in total. The topological polar surface area (TPSA) is 84.3 Å². The van der Waals surface area contributed by atoms with E-state index in [1.165, 1.54) is 6.92 Å². The second-order valence-electron chi connectivity index (χ2n) is 7.20. The fourth-order valence-electron chi connectivity index (χ4n) is 3.40. The van der Waals surface area contributed by atoms with Gasteiger partial charge in [0.1, 0.15) is 5.56 Å². The van der Waals surface area contributed by atoms with E-state index >= 15 is 0 Å². The monoisotopic (exact) mass is 458 g/mol. The molecule has 2 aromatic rings. The number of esters is 1. The lowest BCUT2D eigenvalue weighted by molar-refractivity contribution is -0.141. The zero-order chi connectivity index (χ0) is 22.9. The Kier molecular flexibility index (Phi) is 6.54. The highest BCUT2D eigenvalue weighted by Gasteiger charge is 2.39. The first-order valence-corrected chi connectivity index (χ1v) is 10.0. The highest BCUT2D eigenvalue weighted by atomic mass is 35.5. The molecule has 0 unspecified atom stereocenters. The van der Waals surface area contributed by atoms with Crippen LogP contribution in [0, 0.1) is 13.8 Å². The highest BCUT2D eigenvalue weighted by Crippen LogP contribution is 2.33. The van der Waals surface area contributed by atoms with Crippen LogP contribution >= 0.6 is 11.6 Å². The zero-order valence-electron chi connectivity index (χ0n) is 17.5. The number of piperazine rings is 1. The zero-order valence-corrected chi connectivity index (χ0v) is 18.3. The number of alkyl halides is 3. The van der Waals surface area contributed by atoms with Crippen molar-refractivity contribution in [2.75, 3.05) is 36.0 Å². The van der Waals surface area contributed by atoms with Crippen LogP contribution in [0.4, 0.5) is 24.9 Å². The van der Waals surface area contributed by atoms with E-state index in [1.54, 1.807) is 4.90 Å². The molecule has 0 aromatic carbocycles. The molecule has 3 heterocycles. The van der Waals surface area contributed by atoms with E-state index in [-0.39, 0.29) is 18.6 Å². The molecule has 0 saturated carbocycles. The Balaban J connectivity index is 1.86. The predicted octanol–water partition coefficient (Wildman–Crippen LogP) is 3.45. The van der Waals surface area contributed by atoms with Crippen molar-refractivity contribution in [3.05, 3.63) is 33.7 Å². The first kappa shape index (κ1) is 23.0. The second kappa shape index (κ2) is 8.81. The number of ether oxygens (including phenoxy) is 1. The molecule has 1 fully saturated rings. The molecule has 0 radical (unpaired) electrons. The van der Waals surface area contributed by atoms with Crippen LogP contribution in [0.25, 0.3) is 0 Å². The molecule has 0 aliphatic carbocycles. The van der Waals surface area contributed by atoms with Crippen molar-refractivity contribution >= 4 is 29.3 Å². The van der Waals surface area contributed by atoms with Crippen LogP contribution in [0.15, 0.2) is 6.20 Å². The molecule has 1 saturated heterocycles. The summed E-state index contributed by atoms with van der Waals surface area (Å²) in [5.74, 6) is -0.517. The quantitative estimate of drug-likeness (QED) is 0.644. The first-order valence-electron chi connectivity index (χ1n) is 9.66. The molecule has 3 rings (SSSR count). The fourth-order valence-corrected chi connectivity index (χ4v) is 3.58. The van der Waals surface area contributed by atoms with Gasteiger partial charge in [-0.25, -0.2) is 14.8 Å². The molecule has 0 spiro atoms. The third kappa shape index (κ3) is 4.65. The van der Waals surface area contributed by atoms with Crippen molar-refractivity contribution in [3.8, 4) is 0 Å². The number of halogens is 4. The maximum atomic E-state index is 13.5. The molecule has 8 nitrogen and oxygen atoms in total. The minimum Gasteiger partial charge on any atom is -0.462 e. The molecule has 31 heavy (non-hydrogen) atoms. The van der Waals surface area contributed by atoms with Gasteiger partial charge in [0.2, 0.25) is 5.95 Å². The lowest BCUT2D eigenvalue weighted by atomic mass is 10.1. The number of hydrogen-bond acceptors (Lipinski definition) is 8. The van der Waals surface area contributed by atoms with Crippen LogP contribution in [-0.4, -0.2) is 58.4 Å². The van der Waals surface area contributed by atoms with Gasteiger partial charge >= 0.3 is 12.1 Å². The van der Waals surface area contributed by atoms with Gasteiger partial charge in [-0.15, -0.1) is 10.2 Å². The van der Waals surface area contributed by atoms with E-state index in [0.29, 0.717) is 30.6 Å². The van der Waals surface area contributed by atoms with Crippen LogP contribution in [-0.2, 0) is 10.9 Å². The van der Waals surface area contributed by atoms with Crippen molar-refractivity contribution in [3.63, 3.8) is 0 Å². The number of carbonyl (C=O) groups is 1. The summed E-state index contributed by atoms with van der Waals surface area (Å²) in [5, 5.41) is 8.48.